The van der Waals surface area contributed by atoms with E-state index in [4.69, 9.17) is 9.05 Å². The molecule has 14 heavy (non-hydrogen) atoms. The maximum absolute atomic E-state index is 11.9. The molecule has 0 aliphatic rings. The first-order chi connectivity index (χ1) is 5.98. The third-order valence-corrected chi connectivity index (χ3v) is 3.85. The molecule has 0 aromatic heterocycles. The molecule has 4 nitrogen and oxygen atoms in total. The summed E-state index contributed by atoms with van der Waals surface area (Å²) in [4.78, 5) is 11.0. The molecule has 78 valence electrons. The largest absolute Gasteiger partial charge is 1.00 e. The minimum atomic E-state index is -3.30. The molecule has 0 saturated carbocycles. The quantitative estimate of drug-likeness (QED) is 0.347. The van der Waals surface area contributed by atoms with Crippen LogP contribution in [0.15, 0.2) is 0 Å². The molecule has 0 fully saturated rings. The topological polar surface area (TPSA) is 52.6 Å². The minimum Gasteiger partial charge on any atom is -0.334 e. The molecule has 0 aromatic carbocycles. The molecule has 0 N–H and O–H groups in total. The summed E-state index contributed by atoms with van der Waals surface area (Å²) < 4.78 is 21.8. The fraction of sp³-hybridized carbons (Fsp3) is 0.750. The van der Waals surface area contributed by atoms with Crippen molar-refractivity contribution in [1.29, 1.82) is 0 Å². The van der Waals surface area contributed by atoms with Crippen molar-refractivity contribution in [2.45, 2.75) is 27.7 Å². The second kappa shape index (κ2) is 7.91. The van der Waals surface area contributed by atoms with Crippen molar-refractivity contribution >= 4 is 13.4 Å². The Hall–Kier alpha value is 0.690. The number of carbonyl (C=O) groups excluding carboxylic acids is 1. The summed E-state index contributed by atoms with van der Waals surface area (Å²) in [6.45, 7) is 6.77. The molecule has 0 rings (SSSR count). The van der Waals surface area contributed by atoms with Crippen LogP contribution < -0.4 is 29.6 Å². The van der Waals surface area contributed by atoms with Gasteiger partial charge in [-0.25, -0.2) is 5.66 Å². The van der Waals surface area contributed by atoms with Crippen LogP contribution >= 0.6 is 7.60 Å². The van der Waals surface area contributed by atoms with Crippen molar-refractivity contribution in [3.63, 3.8) is 0 Å². The Morgan fingerprint density at radius 3 is 1.86 bits per heavy atom. The standard InChI is InChI=1S/C8H16O4P.Na/c1-5-11-13(10,12-6-2)8(4)7(3)9;/h5-6H2,1-4H3;/q-1;+1. The van der Waals surface area contributed by atoms with Gasteiger partial charge in [0.15, 0.2) is 0 Å². The summed E-state index contributed by atoms with van der Waals surface area (Å²) in [7, 11) is -3.30. The molecule has 0 unspecified atom stereocenters. The molecular formula is C8H16NaO4P. The fourth-order valence-corrected chi connectivity index (χ4v) is 2.29. The summed E-state index contributed by atoms with van der Waals surface area (Å²) in [5, 5.41) is 0. The maximum Gasteiger partial charge on any atom is 1.00 e. The number of rotatable bonds is 6. The first-order valence-electron chi connectivity index (χ1n) is 4.22. The van der Waals surface area contributed by atoms with Crippen molar-refractivity contribution in [3.05, 3.63) is 5.66 Å². The molecule has 0 spiro atoms. The Labute approximate surface area is 108 Å². The van der Waals surface area contributed by atoms with Gasteiger partial charge in [0.1, 0.15) is 0 Å². The van der Waals surface area contributed by atoms with Gasteiger partial charge in [-0.05, 0) is 20.8 Å². The van der Waals surface area contributed by atoms with Gasteiger partial charge in [0.05, 0.1) is 13.2 Å². The van der Waals surface area contributed by atoms with E-state index in [9.17, 15) is 9.36 Å². The summed E-state index contributed by atoms with van der Waals surface area (Å²) in [6, 6.07) is 0. The van der Waals surface area contributed by atoms with Crippen LogP contribution in [0.2, 0.25) is 0 Å². The summed E-state index contributed by atoms with van der Waals surface area (Å²) in [6.07, 6.45) is 0. The van der Waals surface area contributed by atoms with Crippen LogP contribution in [0.3, 0.4) is 0 Å². The average molecular weight is 230 g/mol. The molecule has 0 aromatic rings. The molecule has 0 atom stereocenters. The third kappa shape index (κ3) is 4.96. The molecule has 0 amide bonds. The molecule has 0 aliphatic heterocycles. The number of Topliss-reactive ketones (excluding diaryl/α,β-unsaturated/α-hetero) is 1. The van der Waals surface area contributed by atoms with E-state index in [0.29, 0.717) is 0 Å². The van der Waals surface area contributed by atoms with E-state index >= 15 is 0 Å². The predicted molar refractivity (Wildman–Crippen MR) is 50.5 cm³/mol. The van der Waals surface area contributed by atoms with Crippen LogP contribution in [0.5, 0.6) is 0 Å². The zero-order valence-electron chi connectivity index (χ0n) is 9.49. The zero-order valence-corrected chi connectivity index (χ0v) is 12.4. The second-order valence-corrected chi connectivity index (χ2v) is 4.66. The van der Waals surface area contributed by atoms with Gasteiger partial charge in [-0.15, -0.1) is 0 Å². The Bertz CT molecular complexity index is 209. The normalized spacial score (nSPS) is 10.6. The smallest absolute Gasteiger partial charge is 0.334 e. The van der Waals surface area contributed by atoms with E-state index in [1.54, 1.807) is 13.8 Å². The van der Waals surface area contributed by atoms with Crippen LogP contribution in [0.4, 0.5) is 0 Å². The van der Waals surface area contributed by atoms with E-state index in [1.165, 1.54) is 13.8 Å². The fourth-order valence-electron chi connectivity index (χ4n) is 0.764. The van der Waals surface area contributed by atoms with E-state index in [1.807, 2.05) is 0 Å². The first kappa shape index (κ1) is 17.1. The van der Waals surface area contributed by atoms with Crippen LogP contribution in [0.1, 0.15) is 27.7 Å². The SMILES string of the molecule is CCOP(=O)(OCC)[C-](C)C(C)=O.[Na+]. The van der Waals surface area contributed by atoms with Gasteiger partial charge in [-0.1, -0.05) is 0 Å². The molecule has 0 bridgehead atoms. The summed E-state index contributed by atoms with van der Waals surface area (Å²) >= 11 is 0. The number of hydrogen-bond donors (Lipinski definition) is 0. The number of hydrogen-bond acceptors (Lipinski definition) is 4. The van der Waals surface area contributed by atoms with Crippen LogP contribution in [0.25, 0.3) is 0 Å². The van der Waals surface area contributed by atoms with Gasteiger partial charge in [0, 0.05) is 5.78 Å². The summed E-state index contributed by atoms with van der Waals surface area (Å²) in [5.74, 6) is -0.259. The average Bonchev–Trinajstić information content (AvgIpc) is 2.03. The third-order valence-electron chi connectivity index (χ3n) is 1.52. The molecule has 0 aliphatic carbocycles. The molecule has 0 saturated heterocycles. The summed E-state index contributed by atoms with van der Waals surface area (Å²) in [5.41, 5.74) is 0.163. The van der Waals surface area contributed by atoms with Gasteiger partial charge >= 0.3 is 29.6 Å². The first-order valence-corrected chi connectivity index (χ1v) is 5.76. The van der Waals surface area contributed by atoms with Gasteiger partial charge < -0.3 is 13.8 Å². The van der Waals surface area contributed by atoms with Crippen molar-refractivity contribution in [2.75, 3.05) is 13.2 Å². The molecule has 6 heteroatoms. The van der Waals surface area contributed by atoms with E-state index in [0.717, 1.165) is 0 Å². The van der Waals surface area contributed by atoms with Gasteiger partial charge in [-0.3, -0.25) is 4.57 Å². The maximum atomic E-state index is 11.9. The second-order valence-electron chi connectivity index (χ2n) is 2.47. The molecule has 0 heterocycles. The Morgan fingerprint density at radius 2 is 1.64 bits per heavy atom. The Balaban J connectivity index is 0. The molecule has 0 radical (unpaired) electrons. The van der Waals surface area contributed by atoms with Crippen LogP contribution in [-0.4, -0.2) is 19.0 Å². The number of carbonyl (C=O) groups is 1. The van der Waals surface area contributed by atoms with E-state index in [-0.39, 0.29) is 54.2 Å². The van der Waals surface area contributed by atoms with Crippen LogP contribution in [-0.2, 0) is 18.4 Å². The van der Waals surface area contributed by atoms with E-state index < -0.39 is 7.60 Å². The van der Waals surface area contributed by atoms with Gasteiger partial charge in [-0.2, -0.15) is 6.92 Å². The van der Waals surface area contributed by atoms with Crippen LogP contribution in [0, 0.1) is 5.66 Å². The van der Waals surface area contributed by atoms with Crippen molar-refractivity contribution in [1.82, 2.24) is 0 Å². The van der Waals surface area contributed by atoms with Gasteiger partial charge in [0.25, 0.3) is 0 Å². The monoisotopic (exact) mass is 230 g/mol. The van der Waals surface area contributed by atoms with E-state index in [2.05, 4.69) is 0 Å². The van der Waals surface area contributed by atoms with Gasteiger partial charge in [0.2, 0.25) is 7.60 Å². The zero-order chi connectivity index (χ0) is 10.5. The van der Waals surface area contributed by atoms with Crippen molar-refractivity contribution in [2.24, 2.45) is 0 Å². The van der Waals surface area contributed by atoms with Crippen molar-refractivity contribution in [3.8, 4) is 0 Å². The molecular weight excluding hydrogens is 214 g/mol. The Morgan fingerprint density at radius 1 is 1.29 bits per heavy atom. The predicted octanol–water partition coefficient (Wildman–Crippen LogP) is -0.603. The van der Waals surface area contributed by atoms with Crippen molar-refractivity contribution < 1.29 is 48.0 Å². The Kier molecular flexibility index (Phi) is 9.66. The number of ketones is 1. The minimum absolute atomic E-state index is 0.